The number of methoxy groups -OCH3 is 1. The van der Waals surface area contributed by atoms with Crippen LogP contribution in [0.5, 0.6) is 0 Å². The minimum absolute atomic E-state index is 0.126. The smallest absolute Gasteiger partial charge is 0.306 e. The number of carbonyl (C=O) groups is 3. The number of nitrogens with zero attached hydrogens (tertiary/aromatic N) is 1. The highest BCUT2D eigenvalue weighted by molar-refractivity contribution is 9.09. The second-order valence-corrected chi connectivity index (χ2v) is 9.29. The average Bonchev–Trinajstić information content (AvgIpc) is 3.41. The number of thiazole rings is 1. The van der Waals surface area contributed by atoms with Crippen molar-refractivity contribution >= 4 is 62.2 Å². The van der Waals surface area contributed by atoms with Crippen molar-refractivity contribution in [1.82, 2.24) is 4.98 Å². The van der Waals surface area contributed by atoms with Crippen molar-refractivity contribution in [2.75, 3.05) is 19.0 Å². The van der Waals surface area contributed by atoms with Crippen molar-refractivity contribution in [3.63, 3.8) is 0 Å². The minimum atomic E-state index is -0.275. The molecule has 10 heteroatoms. The summed E-state index contributed by atoms with van der Waals surface area (Å²) < 4.78 is 9.24. The van der Waals surface area contributed by atoms with Gasteiger partial charge in [0.2, 0.25) is 0 Å². The predicted molar refractivity (Wildman–Crippen MR) is 155 cm³/mol. The van der Waals surface area contributed by atoms with Crippen LogP contribution in [0.1, 0.15) is 41.6 Å². The van der Waals surface area contributed by atoms with E-state index in [1.807, 2.05) is 73.0 Å². The Bertz CT molecular complexity index is 1110. The third-order valence-corrected chi connectivity index (χ3v) is 6.11. The first-order chi connectivity index (χ1) is 17.8. The van der Waals surface area contributed by atoms with Crippen LogP contribution in [0.3, 0.4) is 0 Å². The molecular formula is C27H31BrN2O5S2. The van der Waals surface area contributed by atoms with Crippen molar-refractivity contribution in [3.8, 4) is 11.3 Å². The van der Waals surface area contributed by atoms with E-state index in [4.69, 9.17) is 10.5 Å². The van der Waals surface area contributed by atoms with Crippen molar-refractivity contribution in [3.05, 3.63) is 76.6 Å². The molecule has 3 rings (SSSR count). The Balaban J connectivity index is 0.000000306. The van der Waals surface area contributed by atoms with Crippen molar-refractivity contribution < 1.29 is 23.9 Å². The molecule has 0 bridgehead atoms. The van der Waals surface area contributed by atoms with Gasteiger partial charge in [0.25, 0.3) is 0 Å². The molecule has 0 spiro atoms. The third-order valence-electron chi connectivity index (χ3n) is 4.49. The minimum Gasteiger partial charge on any atom is -0.469 e. The number of ketones is 1. The van der Waals surface area contributed by atoms with E-state index < -0.39 is 0 Å². The number of ether oxygens (including phenoxy) is 2. The number of halogens is 1. The van der Waals surface area contributed by atoms with Gasteiger partial charge in [0.15, 0.2) is 5.78 Å². The first kappa shape index (κ1) is 32.1. The summed E-state index contributed by atoms with van der Waals surface area (Å²) in [6.45, 7) is 2.25. The Morgan fingerprint density at radius 3 is 2.14 bits per heavy atom. The second-order valence-electron chi connectivity index (χ2n) is 7.26. The lowest BCUT2D eigenvalue weighted by atomic mass is 10.2. The number of hydrogen-bond donors (Lipinski definition) is 1. The van der Waals surface area contributed by atoms with Crippen LogP contribution in [-0.4, -0.2) is 46.7 Å². The molecule has 0 aliphatic heterocycles. The number of Topliss-reactive ketones (excluding diaryl/α,β-unsaturated/α-hetero) is 1. The summed E-state index contributed by atoms with van der Waals surface area (Å²) in [5.74, 6) is -0.308. The van der Waals surface area contributed by atoms with E-state index in [1.165, 1.54) is 7.11 Å². The van der Waals surface area contributed by atoms with Gasteiger partial charge in [0.1, 0.15) is 0 Å². The highest BCUT2D eigenvalue weighted by atomic mass is 79.9. The van der Waals surface area contributed by atoms with E-state index in [2.05, 4.69) is 37.9 Å². The van der Waals surface area contributed by atoms with Gasteiger partial charge in [-0.2, -0.15) is 0 Å². The van der Waals surface area contributed by atoms with Crippen LogP contribution in [0.4, 0.5) is 0 Å². The number of alkyl halides is 1. The van der Waals surface area contributed by atoms with Gasteiger partial charge in [-0.05, 0) is 6.92 Å². The molecule has 37 heavy (non-hydrogen) atoms. The van der Waals surface area contributed by atoms with E-state index in [-0.39, 0.29) is 24.1 Å². The molecule has 0 fully saturated rings. The molecule has 2 aromatic carbocycles. The maximum atomic E-state index is 11.2. The van der Waals surface area contributed by atoms with Gasteiger partial charge in [-0.3, -0.25) is 14.4 Å². The van der Waals surface area contributed by atoms with Gasteiger partial charge in [-0.1, -0.05) is 88.8 Å². The van der Waals surface area contributed by atoms with E-state index in [0.717, 1.165) is 21.8 Å². The van der Waals surface area contributed by atoms with Gasteiger partial charge < -0.3 is 15.2 Å². The van der Waals surface area contributed by atoms with E-state index in [9.17, 15) is 14.4 Å². The summed E-state index contributed by atoms with van der Waals surface area (Å²) in [5.41, 5.74) is 7.96. The molecule has 0 atom stereocenters. The summed E-state index contributed by atoms with van der Waals surface area (Å²) in [7, 11) is 1.34. The molecule has 0 saturated carbocycles. The maximum absolute atomic E-state index is 11.2. The molecular weight excluding hydrogens is 576 g/mol. The number of aryl methyl sites for hydroxylation is 1. The lowest BCUT2D eigenvalue weighted by molar-refractivity contribution is -0.143. The molecule has 0 radical (unpaired) electrons. The quantitative estimate of drug-likeness (QED) is 0.133. The van der Waals surface area contributed by atoms with Crippen LogP contribution in [0.2, 0.25) is 0 Å². The normalized spacial score (nSPS) is 9.59. The topological polar surface area (TPSA) is 109 Å². The fourth-order valence-electron chi connectivity index (χ4n) is 2.64. The van der Waals surface area contributed by atoms with Gasteiger partial charge in [-0.25, -0.2) is 4.98 Å². The van der Waals surface area contributed by atoms with Crippen molar-refractivity contribution in [2.45, 2.75) is 32.6 Å². The Morgan fingerprint density at radius 1 is 0.973 bits per heavy atom. The molecule has 1 aromatic heterocycles. The molecule has 0 aliphatic carbocycles. The fraction of sp³-hybridized carbons (Fsp3) is 0.296. The Morgan fingerprint density at radius 2 is 1.59 bits per heavy atom. The zero-order chi connectivity index (χ0) is 27.5. The number of nitrogens with two attached hydrogens (primary N) is 1. The summed E-state index contributed by atoms with van der Waals surface area (Å²) in [6.07, 6.45) is 1.76. The molecule has 198 valence electrons. The van der Waals surface area contributed by atoms with Crippen LogP contribution >= 0.6 is 39.5 Å². The van der Waals surface area contributed by atoms with Gasteiger partial charge in [0.05, 0.1) is 47.6 Å². The van der Waals surface area contributed by atoms with Gasteiger partial charge in [-0.15, -0.1) is 11.3 Å². The highest BCUT2D eigenvalue weighted by Crippen LogP contribution is 2.22. The van der Waals surface area contributed by atoms with Crippen LogP contribution in [0.25, 0.3) is 11.3 Å². The second kappa shape index (κ2) is 19.2. The Kier molecular flexibility index (Phi) is 16.6. The fourth-order valence-corrected chi connectivity index (χ4v) is 3.87. The first-order valence-electron chi connectivity index (χ1n) is 11.4. The van der Waals surface area contributed by atoms with Crippen LogP contribution < -0.4 is 5.73 Å². The highest BCUT2D eigenvalue weighted by Gasteiger charge is 2.07. The predicted octanol–water partition coefficient (Wildman–Crippen LogP) is 5.80. The maximum Gasteiger partial charge on any atom is 0.306 e. The van der Waals surface area contributed by atoms with Crippen LogP contribution in [0.15, 0.2) is 66.0 Å². The lowest BCUT2D eigenvalue weighted by Gasteiger charge is -1.99. The number of esters is 2. The Labute approximate surface area is 235 Å². The van der Waals surface area contributed by atoms with E-state index in [0.29, 0.717) is 36.2 Å². The summed E-state index contributed by atoms with van der Waals surface area (Å²) >= 11 is 9.22. The summed E-state index contributed by atoms with van der Waals surface area (Å²) in [5, 5.41) is 3.40. The van der Waals surface area contributed by atoms with Crippen LogP contribution in [0, 0.1) is 0 Å². The molecule has 3 aromatic rings. The van der Waals surface area contributed by atoms with Crippen molar-refractivity contribution in [1.29, 1.82) is 0 Å². The number of rotatable bonds is 10. The largest absolute Gasteiger partial charge is 0.469 e. The molecule has 0 unspecified atom stereocenters. The first-order valence-corrected chi connectivity index (χ1v) is 13.9. The average molecular weight is 608 g/mol. The molecule has 0 saturated heterocycles. The SMILES string of the molecule is CCOC(=O)CCc1nc(-c2ccccc2)cs1.COC(=O)CCC(N)=S.O=C(CBr)c1ccccc1. The Hall–Kier alpha value is -2.95. The summed E-state index contributed by atoms with van der Waals surface area (Å²) in [6, 6.07) is 19.3. The zero-order valence-corrected chi connectivity index (χ0v) is 24.1. The van der Waals surface area contributed by atoms with Gasteiger partial charge in [0, 0.05) is 29.3 Å². The molecule has 0 aliphatic rings. The standard InChI is InChI=1S/C14H15NO2S.C8H7BrO.C5H9NO2S/c1-2-17-14(16)9-8-13-15-12(10-18-13)11-6-4-3-5-7-11;9-6-8(10)7-4-2-1-3-5-7;1-8-5(7)3-2-4(6)9/h3-7,10H,2,8-9H2,1H3;1-5H,6H2;2-3H2,1H3,(H2,6,9). The number of carbonyl (C=O) groups excluding carboxylic acids is 3. The number of aromatic nitrogens is 1. The number of thiocarbonyl (C=S) groups is 1. The summed E-state index contributed by atoms with van der Waals surface area (Å²) in [4.78, 5) is 37.5. The van der Waals surface area contributed by atoms with Crippen molar-refractivity contribution in [2.24, 2.45) is 5.73 Å². The lowest BCUT2D eigenvalue weighted by Crippen LogP contribution is -2.10. The third kappa shape index (κ3) is 14.4. The molecule has 1 heterocycles. The number of hydrogen-bond acceptors (Lipinski definition) is 8. The molecule has 0 amide bonds. The van der Waals surface area contributed by atoms with Crippen LogP contribution in [-0.2, 0) is 25.5 Å². The monoisotopic (exact) mass is 606 g/mol. The van der Waals surface area contributed by atoms with E-state index in [1.54, 1.807) is 11.3 Å². The van der Waals surface area contributed by atoms with E-state index >= 15 is 0 Å². The molecule has 7 nitrogen and oxygen atoms in total. The van der Waals surface area contributed by atoms with Gasteiger partial charge >= 0.3 is 11.9 Å². The molecule has 2 N–H and O–H groups in total. The zero-order valence-electron chi connectivity index (χ0n) is 20.9. The number of benzene rings is 2.